The number of fused-ring (bicyclic) bond motifs is 2. The van der Waals surface area contributed by atoms with E-state index in [9.17, 15) is 4.79 Å². The fraction of sp³-hybridized carbons (Fsp3) is 0.364. The highest BCUT2D eigenvalue weighted by Gasteiger charge is 2.19. The molecule has 5 heterocycles. The molecule has 9 heteroatoms. The predicted octanol–water partition coefficient (Wildman–Crippen LogP) is 1.89. The van der Waals surface area contributed by atoms with Gasteiger partial charge in [-0.25, -0.2) is 9.50 Å². The number of anilines is 2. The van der Waals surface area contributed by atoms with Gasteiger partial charge >= 0.3 is 0 Å². The lowest BCUT2D eigenvalue weighted by atomic mass is 10.2. The molecule has 2 N–H and O–H groups in total. The summed E-state index contributed by atoms with van der Waals surface area (Å²) in [6, 6.07) is 6.15. The summed E-state index contributed by atoms with van der Waals surface area (Å²) in [7, 11) is 1.86. The second-order valence-electron chi connectivity index (χ2n) is 7.87. The Morgan fingerprint density at radius 2 is 2.00 bits per heavy atom. The number of hydrogen-bond acceptors (Lipinski definition) is 7. The number of rotatable bonds is 5. The van der Waals surface area contributed by atoms with Gasteiger partial charge in [0.2, 0.25) is 0 Å². The molecule has 160 valence electrons. The van der Waals surface area contributed by atoms with Crippen molar-refractivity contribution in [3.63, 3.8) is 0 Å². The maximum Gasteiger partial charge on any atom is 0.254 e. The van der Waals surface area contributed by atoms with E-state index >= 15 is 0 Å². The molecule has 0 aliphatic carbocycles. The molecule has 1 saturated heterocycles. The Morgan fingerprint density at radius 1 is 1.16 bits per heavy atom. The van der Waals surface area contributed by atoms with E-state index in [0.29, 0.717) is 6.42 Å². The molecule has 0 amide bonds. The van der Waals surface area contributed by atoms with E-state index in [0.717, 1.165) is 72.0 Å². The highest BCUT2D eigenvalue weighted by atomic mass is 16.1. The fourth-order valence-electron chi connectivity index (χ4n) is 4.17. The molecule has 1 aliphatic rings. The molecule has 9 nitrogen and oxygen atoms in total. The van der Waals surface area contributed by atoms with Crippen LogP contribution in [0.2, 0.25) is 0 Å². The van der Waals surface area contributed by atoms with Gasteiger partial charge in [-0.3, -0.25) is 14.7 Å². The zero-order chi connectivity index (χ0) is 21.4. The molecule has 4 aromatic rings. The molecule has 0 atom stereocenters. The van der Waals surface area contributed by atoms with E-state index in [-0.39, 0.29) is 5.56 Å². The minimum Gasteiger partial charge on any atom is -0.371 e. The third-order valence-electron chi connectivity index (χ3n) is 5.92. The number of nitrogens with one attached hydrogen (secondary N) is 2. The van der Waals surface area contributed by atoms with Crippen molar-refractivity contribution in [2.45, 2.75) is 19.9 Å². The van der Waals surface area contributed by atoms with Crippen molar-refractivity contribution < 1.29 is 0 Å². The van der Waals surface area contributed by atoms with E-state index in [1.165, 1.54) is 0 Å². The average Bonchev–Trinajstić information content (AvgIpc) is 3.18. The quantitative estimate of drug-likeness (QED) is 0.511. The molecule has 1 fully saturated rings. The summed E-state index contributed by atoms with van der Waals surface area (Å²) < 4.78 is 1.78. The molecule has 0 unspecified atom stereocenters. The Hall–Kier alpha value is -3.46. The second-order valence-corrected chi connectivity index (χ2v) is 7.87. The Morgan fingerprint density at radius 3 is 2.77 bits per heavy atom. The molecule has 0 aromatic carbocycles. The summed E-state index contributed by atoms with van der Waals surface area (Å²) in [5.41, 5.74) is 4.46. The zero-order valence-corrected chi connectivity index (χ0v) is 17.8. The summed E-state index contributed by atoms with van der Waals surface area (Å²) >= 11 is 0. The van der Waals surface area contributed by atoms with Crippen LogP contribution in [-0.2, 0) is 13.0 Å². The van der Waals surface area contributed by atoms with Crippen molar-refractivity contribution in [1.82, 2.24) is 29.5 Å². The monoisotopic (exact) mass is 418 g/mol. The van der Waals surface area contributed by atoms with Gasteiger partial charge in [0.05, 0.1) is 17.6 Å². The molecule has 0 spiro atoms. The number of pyridine rings is 2. The van der Waals surface area contributed by atoms with Crippen LogP contribution in [0.4, 0.5) is 11.5 Å². The van der Waals surface area contributed by atoms with Gasteiger partial charge in [-0.1, -0.05) is 6.92 Å². The van der Waals surface area contributed by atoms with E-state index < -0.39 is 0 Å². The van der Waals surface area contributed by atoms with Crippen LogP contribution in [0.5, 0.6) is 0 Å². The second kappa shape index (κ2) is 7.99. The minimum absolute atomic E-state index is 0.0309. The fourth-order valence-corrected chi connectivity index (χ4v) is 4.17. The van der Waals surface area contributed by atoms with Gasteiger partial charge in [-0.05, 0) is 18.6 Å². The Bertz CT molecular complexity index is 1290. The summed E-state index contributed by atoms with van der Waals surface area (Å²) in [6.45, 7) is 6.50. The van der Waals surface area contributed by atoms with Crippen LogP contribution in [0.25, 0.3) is 16.6 Å². The first-order valence-corrected chi connectivity index (χ1v) is 10.6. The molecule has 0 bridgehead atoms. The lowest BCUT2D eigenvalue weighted by molar-refractivity contribution is 0.247. The third kappa shape index (κ3) is 3.72. The SMILES string of the molecule is CCc1cn2nc(CN3CCN(c4cnc5c(NC)nccc5c4)CC3)cc2[nH]c1=O. The van der Waals surface area contributed by atoms with Crippen molar-refractivity contribution >= 4 is 28.1 Å². The van der Waals surface area contributed by atoms with Crippen LogP contribution >= 0.6 is 0 Å². The van der Waals surface area contributed by atoms with Crippen molar-refractivity contribution in [1.29, 1.82) is 0 Å². The van der Waals surface area contributed by atoms with Gasteiger partial charge in [0.1, 0.15) is 11.2 Å². The number of nitrogens with zero attached hydrogens (tertiary/aromatic N) is 6. The molecule has 31 heavy (non-hydrogen) atoms. The topological polar surface area (TPSA) is 94.4 Å². The predicted molar refractivity (Wildman–Crippen MR) is 122 cm³/mol. The summed E-state index contributed by atoms with van der Waals surface area (Å²) in [5, 5.41) is 8.84. The largest absolute Gasteiger partial charge is 0.371 e. The van der Waals surface area contributed by atoms with Crippen LogP contribution in [0.15, 0.2) is 41.6 Å². The molecule has 1 aliphatic heterocycles. The van der Waals surface area contributed by atoms with Crippen LogP contribution in [0.1, 0.15) is 18.2 Å². The van der Waals surface area contributed by atoms with Crippen molar-refractivity contribution in [2.75, 3.05) is 43.4 Å². The standard InChI is InChI=1S/C22H26N8O/c1-3-15-13-30-19(26-22(15)31)11-17(27-30)14-28-6-8-29(9-7-28)18-10-16-4-5-24-21(23-2)20(16)25-12-18/h4-5,10-13H,3,6-9,14H2,1-2H3,(H,23,24)(H,26,31). The smallest absolute Gasteiger partial charge is 0.254 e. The first-order valence-electron chi connectivity index (χ1n) is 10.6. The van der Waals surface area contributed by atoms with E-state index in [1.807, 2.05) is 44.7 Å². The number of aromatic amines is 1. The molecule has 5 rings (SSSR count). The highest BCUT2D eigenvalue weighted by molar-refractivity contribution is 5.89. The van der Waals surface area contributed by atoms with Gasteiger partial charge < -0.3 is 15.2 Å². The maximum atomic E-state index is 12.0. The maximum absolute atomic E-state index is 12.0. The number of H-pyrrole nitrogens is 1. The highest BCUT2D eigenvalue weighted by Crippen LogP contribution is 2.24. The Labute approximate surface area is 179 Å². The van der Waals surface area contributed by atoms with Crippen molar-refractivity contribution in [3.05, 3.63) is 58.4 Å². The van der Waals surface area contributed by atoms with E-state index in [4.69, 9.17) is 0 Å². The number of hydrogen-bond donors (Lipinski definition) is 2. The van der Waals surface area contributed by atoms with E-state index in [1.54, 1.807) is 4.52 Å². The van der Waals surface area contributed by atoms with Gasteiger partial charge in [-0.15, -0.1) is 0 Å². The number of aryl methyl sites for hydroxylation is 1. The number of piperazine rings is 1. The van der Waals surface area contributed by atoms with Crippen LogP contribution in [0.3, 0.4) is 0 Å². The lowest BCUT2D eigenvalue weighted by Crippen LogP contribution is -2.46. The molecule has 4 aromatic heterocycles. The van der Waals surface area contributed by atoms with Gasteiger partial charge in [0.15, 0.2) is 5.82 Å². The van der Waals surface area contributed by atoms with Gasteiger partial charge in [0, 0.05) is 69.2 Å². The zero-order valence-electron chi connectivity index (χ0n) is 17.8. The first kappa shape index (κ1) is 19.5. The van der Waals surface area contributed by atoms with E-state index in [2.05, 4.69) is 41.2 Å². The number of aromatic nitrogens is 5. The van der Waals surface area contributed by atoms with Gasteiger partial charge in [-0.2, -0.15) is 5.10 Å². The lowest BCUT2D eigenvalue weighted by Gasteiger charge is -2.35. The summed E-state index contributed by atoms with van der Waals surface area (Å²) in [4.78, 5) is 28.7. The van der Waals surface area contributed by atoms with Crippen molar-refractivity contribution in [2.24, 2.45) is 0 Å². The van der Waals surface area contributed by atoms with Gasteiger partial charge in [0.25, 0.3) is 5.56 Å². The molecule has 0 radical (unpaired) electrons. The van der Waals surface area contributed by atoms with Crippen LogP contribution in [-0.4, -0.2) is 62.7 Å². The Kier molecular flexibility index (Phi) is 5.03. The average molecular weight is 419 g/mol. The minimum atomic E-state index is -0.0309. The van der Waals surface area contributed by atoms with Crippen molar-refractivity contribution in [3.8, 4) is 0 Å². The molecular weight excluding hydrogens is 392 g/mol. The molecular formula is C22H26N8O. The summed E-state index contributed by atoms with van der Waals surface area (Å²) in [6.07, 6.45) is 6.27. The normalized spacial score (nSPS) is 15.1. The van der Waals surface area contributed by atoms with Crippen LogP contribution in [0, 0.1) is 0 Å². The van der Waals surface area contributed by atoms with Crippen LogP contribution < -0.4 is 15.8 Å². The third-order valence-corrected chi connectivity index (χ3v) is 5.92. The Balaban J connectivity index is 1.27. The summed E-state index contributed by atoms with van der Waals surface area (Å²) in [5.74, 6) is 0.800. The molecule has 0 saturated carbocycles. The first-order chi connectivity index (χ1) is 15.1.